The lowest BCUT2D eigenvalue weighted by Gasteiger charge is -2.38. The van der Waals surface area contributed by atoms with Crippen LogP contribution in [0.4, 0.5) is 0 Å². The number of aromatic hydroxyl groups is 1. The smallest absolute Gasteiger partial charge is 0.312 e. The molecule has 0 spiro atoms. The van der Waals surface area contributed by atoms with Crippen molar-refractivity contribution in [3.63, 3.8) is 0 Å². The molecule has 1 fully saturated rings. The Kier molecular flexibility index (Phi) is 13.5. The summed E-state index contributed by atoms with van der Waals surface area (Å²) in [5, 5.41) is 37.2. The number of phenols is 1. The number of ether oxygens (including phenoxy) is 4. The van der Waals surface area contributed by atoms with Gasteiger partial charge in [0.05, 0.1) is 47.5 Å². The summed E-state index contributed by atoms with van der Waals surface area (Å²) in [6.07, 6.45) is 4.61. The molecule has 4 N–H and O–H groups in total. The second-order valence-electron chi connectivity index (χ2n) is 16.8. The third kappa shape index (κ3) is 8.69. The fourth-order valence-electron chi connectivity index (χ4n) is 8.67. The predicted molar refractivity (Wildman–Crippen MR) is 224 cm³/mol. The van der Waals surface area contributed by atoms with Crippen molar-refractivity contribution in [3.05, 3.63) is 93.9 Å². The van der Waals surface area contributed by atoms with E-state index in [9.17, 15) is 44.1 Å². The van der Waals surface area contributed by atoms with E-state index in [0.717, 1.165) is 6.26 Å². The van der Waals surface area contributed by atoms with E-state index in [1.165, 1.54) is 64.2 Å². The van der Waals surface area contributed by atoms with Gasteiger partial charge in [0.2, 0.25) is 11.6 Å². The van der Waals surface area contributed by atoms with E-state index >= 15 is 0 Å². The summed E-state index contributed by atoms with van der Waals surface area (Å²) < 4.78 is 28.9. The fraction of sp³-hybridized carbons (Fsp3) is 0.478. The largest absolute Gasteiger partial charge is 0.507 e. The van der Waals surface area contributed by atoms with Gasteiger partial charge in [-0.05, 0) is 32.1 Å². The molecule has 1 saturated heterocycles. The number of hydrogen-bond acceptors (Lipinski definition) is 15. The summed E-state index contributed by atoms with van der Waals surface area (Å²) in [4.78, 5) is 86.7. The van der Waals surface area contributed by atoms with Gasteiger partial charge in [-0.25, -0.2) is 0 Å². The molecule has 0 unspecified atom stereocenters. The maximum Gasteiger partial charge on any atom is 0.312 e. The van der Waals surface area contributed by atoms with E-state index in [2.05, 4.69) is 5.32 Å². The van der Waals surface area contributed by atoms with Gasteiger partial charge in [-0.2, -0.15) is 0 Å². The summed E-state index contributed by atoms with van der Waals surface area (Å²) in [6.45, 7) is 12.5. The second-order valence-corrected chi connectivity index (χ2v) is 16.8. The summed E-state index contributed by atoms with van der Waals surface area (Å²) in [6, 6.07) is 3.11. The molecule has 17 nitrogen and oxygen atoms in total. The quantitative estimate of drug-likeness (QED) is 0.318. The minimum atomic E-state index is -2.13. The highest BCUT2D eigenvalue weighted by Gasteiger charge is 2.53. The monoisotopic (exact) mass is 873 g/mol. The van der Waals surface area contributed by atoms with Gasteiger partial charge in [-0.3, -0.25) is 28.8 Å². The molecule has 2 amide bonds. The zero-order valence-corrected chi connectivity index (χ0v) is 36.8. The molecule has 1 aliphatic carbocycles. The Morgan fingerprint density at radius 1 is 0.905 bits per heavy atom. The van der Waals surface area contributed by atoms with Crippen molar-refractivity contribution in [1.82, 2.24) is 15.1 Å². The van der Waals surface area contributed by atoms with Crippen LogP contribution in [0.25, 0.3) is 0 Å². The molecular weight excluding hydrogens is 819 g/mol. The van der Waals surface area contributed by atoms with Crippen LogP contribution in [-0.2, 0) is 23.8 Å². The standard InChI is InChI=1S/C46H55N3O14/c1-22-12-10-13-23(2)44(57)47-34-35(48-16-18-49(19-17-48)45(58)30-14-11-20-60-30)40(55)31-32(39(34)54)38(53)27(6)42-33(31)43(56)46(8,63-42)61-21-15-29(59-9)24(3)41(62-28(7)50)26(5)37(52)25(4)36(22)51/h10-15,20-22,24-26,29,36-37,41,51-53H,16-19H2,1-9H3,(H,47,57)/b12-10+,21-15+,23-13-/t22-,24+,25+,26-,29-,36-,37-,41+,46-/m0/s1. The minimum absolute atomic E-state index is 0.0344. The fourth-order valence-corrected chi connectivity index (χ4v) is 8.67. The van der Waals surface area contributed by atoms with Crippen molar-refractivity contribution in [2.45, 2.75) is 85.6 Å². The van der Waals surface area contributed by atoms with Gasteiger partial charge in [0.15, 0.2) is 5.76 Å². The normalized spacial score (nSPS) is 31.4. The molecule has 5 aliphatic rings. The topological polar surface area (TPSA) is 232 Å². The molecule has 1 aromatic carbocycles. The summed E-state index contributed by atoms with van der Waals surface area (Å²) in [5.41, 5.74) is -1.88. The SMILES string of the molecule is CO[C@H]1/C=C/O[C@@]2(C)Oc3c(C)c(O)c4c(c3C2=O)C(=O)C(N2CCN(C(=O)c3ccco3)CC2)=C(NC(=O)/C(C)=C\C=C\[C@H](C)[C@H](O)[C@@H](C)[C@H](O)[C@H](C)[C@H](OC(C)=O)[C@@H]1C)C4=O. The molecule has 338 valence electrons. The Morgan fingerprint density at radius 3 is 2.21 bits per heavy atom. The van der Waals surface area contributed by atoms with Gasteiger partial charge >= 0.3 is 11.8 Å². The van der Waals surface area contributed by atoms with Crippen molar-refractivity contribution >= 4 is 35.1 Å². The average Bonchev–Trinajstić information content (AvgIpc) is 3.89. The number of fused-ring (bicyclic) bond motifs is 14. The van der Waals surface area contributed by atoms with Gasteiger partial charge in [-0.1, -0.05) is 45.9 Å². The number of benzene rings is 1. The lowest BCUT2D eigenvalue weighted by atomic mass is 9.78. The third-order valence-electron chi connectivity index (χ3n) is 12.5. The number of nitrogens with zero attached hydrogens (tertiary/aromatic N) is 2. The van der Waals surface area contributed by atoms with Crippen molar-refractivity contribution in [2.75, 3.05) is 33.3 Å². The minimum Gasteiger partial charge on any atom is -0.507 e. The maximum absolute atomic E-state index is 15.0. The van der Waals surface area contributed by atoms with Crippen molar-refractivity contribution in [1.29, 1.82) is 0 Å². The Hall–Kier alpha value is -6.04. The number of rotatable bonds is 4. The number of piperazine rings is 1. The van der Waals surface area contributed by atoms with Gasteiger partial charge in [0.1, 0.15) is 29.0 Å². The zero-order valence-electron chi connectivity index (χ0n) is 36.8. The molecule has 2 aromatic rings. The first-order valence-corrected chi connectivity index (χ1v) is 20.9. The number of hydrogen-bond donors (Lipinski definition) is 4. The van der Waals surface area contributed by atoms with E-state index in [0.29, 0.717) is 0 Å². The van der Waals surface area contributed by atoms with E-state index in [-0.39, 0.29) is 66.0 Å². The van der Waals surface area contributed by atoms with Crippen LogP contribution in [0.5, 0.6) is 11.5 Å². The van der Waals surface area contributed by atoms with Crippen LogP contribution in [-0.4, -0.2) is 124 Å². The molecule has 5 bridgehead atoms. The van der Waals surface area contributed by atoms with Gasteiger partial charge in [0.25, 0.3) is 17.6 Å². The number of amides is 2. The molecule has 0 saturated carbocycles. The number of nitrogens with one attached hydrogen (secondary N) is 1. The number of aliphatic hydroxyl groups is 2. The molecule has 1 aromatic heterocycles. The van der Waals surface area contributed by atoms with Crippen LogP contribution < -0.4 is 10.1 Å². The first kappa shape index (κ1) is 46.5. The molecule has 9 atom stereocenters. The molecule has 63 heavy (non-hydrogen) atoms. The third-order valence-corrected chi connectivity index (χ3v) is 12.5. The van der Waals surface area contributed by atoms with E-state index in [4.69, 9.17) is 23.4 Å². The van der Waals surface area contributed by atoms with Crippen LogP contribution in [0, 0.1) is 30.6 Å². The molecule has 0 radical (unpaired) electrons. The highest BCUT2D eigenvalue weighted by Crippen LogP contribution is 2.49. The molecule has 5 heterocycles. The Morgan fingerprint density at radius 2 is 1.59 bits per heavy atom. The first-order valence-electron chi connectivity index (χ1n) is 20.9. The van der Waals surface area contributed by atoms with Crippen LogP contribution in [0.2, 0.25) is 0 Å². The van der Waals surface area contributed by atoms with Crippen LogP contribution in [0.15, 0.2) is 70.3 Å². The van der Waals surface area contributed by atoms with Crippen molar-refractivity contribution < 1.29 is 67.5 Å². The Bertz CT molecular complexity index is 2300. The highest BCUT2D eigenvalue weighted by atomic mass is 16.7. The molecule has 17 heteroatoms. The number of ketones is 3. The summed E-state index contributed by atoms with van der Waals surface area (Å²) in [7, 11) is 1.41. The van der Waals surface area contributed by atoms with Crippen LogP contribution >= 0.6 is 0 Å². The maximum atomic E-state index is 15.0. The number of carbonyl (C=O) groups is 6. The Balaban J connectivity index is 1.46. The number of esters is 1. The molecule has 4 aliphatic heterocycles. The zero-order chi connectivity index (χ0) is 46.2. The van der Waals surface area contributed by atoms with E-state index in [1.54, 1.807) is 50.8 Å². The van der Waals surface area contributed by atoms with Crippen molar-refractivity contribution in [3.8, 4) is 11.5 Å². The van der Waals surface area contributed by atoms with Crippen LogP contribution in [0.3, 0.4) is 0 Å². The van der Waals surface area contributed by atoms with Gasteiger partial charge < -0.3 is 53.8 Å². The lowest BCUT2D eigenvalue weighted by Crippen LogP contribution is -2.51. The highest BCUT2D eigenvalue weighted by molar-refractivity contribution is 6.32. The van der Waals surface area contributed by atoms with Crippen molar-refractivity contribution in [2.24, 2.45) is 23.7 Å². The number of Topliss-reactive ketones (excluding diaryl/α,β-unsaturated/α-hetero) is 3. The number of carbonyl (C=O) groups excluding carboxylic acids is 6. The summed E-state index contributed by atoms with van der Waals surface area (Å²) >= 11 is 0. The Labute approximate surface area is 365 Å². The van der Waals surface area contributed by atoms with E-state index in [1.807, 2.05) is 0 Å². The predicted octanol–water partition coefficient (Wildman–Crippen LogP) is 4.01. The summed E-state index contributed by atoms with van der Waals surface area (Å²) in [5.74, 6) is -9.85. The number of phenolic OH excluding ortho intramolecular Hbond substituents is 1. The first-order chi connectivity index (χ1) is 29.7. The van der Waals surface area contributed by atoms with Gasteiger partial charge in [-0.15, -0.1) is 0 Å². The number of allylic oxidation sites excluding steroid dienone is 4. The van der Waals surface area contributed by atoms with Gasteiger partial charge in [0, 0.05) is 81.9 Å². The van der Waals surface area contributed by atoms with Crippen LogP contribution in [0.1, 0.15) is 95.7 Å². The number of methoxy groups -OCH3 is 1. The number of aliphatic hydroxyl groups excluding tert-OH is 2. The second kappa shape index (κ2) is 18.4. The number of furan rings is 1. The molecule has 7 rings (SSSR count). The van der Waals surface area contributed by atoms with E-state index < -0.39 is 106 Å². The lowest BCUT2D eigenvalue weighted by molar-refractivity contribution is -0.160. The average molecular weight is 874 g/mol. The molecular formula is C46H55N3O14.